The molecule has 3 N–H and O–H groups in total. The van der Waals surface area contributed by atoms with Gasteiger partial charge in [-0.3, -0.25) is 0 Å². The van der Waals surface area contributed by atoms with Gasteiger partial charge in [0, 0.05) is 13.1 Å². The summed E-state index contributed by atoms with van der Waals surface area (Å²) in [5.74, 6) is -0.944. The van der Waals surface area contributed by atoms with Gasteiger partial charge in [-0.05, 0) is 31.0 Å². The number of aromatic carboxylic acids is 1. The number of nitrogens with zero attached hydrogens (tertiary/aromatic N) is 1. The van der Waals surface area contributed by atoms with Crippen molar-refractivity contribution in [1.82, 2.24) is 0 Å². The molecule has 0 fully saturated rings. The number of nitrogens with two attached hydrogens (primary N) is 1. The van der Waals surface area contributed by atoms with E-state index in [0.29, 0.717) is 5.69 Å². The summed E-state index contributed by atoms with van der Waals surface area (Å²) in [6, 6.07) is 4.92. The van der Waals surface area contributed by atoms with E-state index in [1.54, 1.807) is 12.1 Å². The van der Waals surface area contributed by atoms with Gasteiger partial charge < -0.3 is 15.7 Å². The summed E-state index contributed by atoms with van der Waals surface area (Å²) < 4.78 is 0. The molecule has 0 radical (unpaired) electrons. The highest BCUT2D eigenvalue weighted by atomic mass is 16.4. The second kappa shape index (κ2) is 6.13. The van der Waals surface area contributed by atoms with Gasteiger partial charge in [-0.1, -0.05) is 13.8 Å². The van der Waals surface area contributed by atoms with Crippen LogP contribution < -0.4 is 10.6 Å². The van der Waals surface area contributed by atoms with Crippen molar-refractivity contribution in [2.45, 2.75) is 26.7 Å². The van der Waals surface area contributed by atoms with Gasteiger partial charge in [0.1, 0.15) is 0 Å². The van der Waals surface area contributed by atoms with E-state index in [1.165, 1.54) is 6.07 Å². The maximum Gasteiger partial charge on any atom is 0.335 e. The van der Waals surface area contributed by atoms with Crippen molar-refractivity contribution < 1.29 is 9.90 Å². The van der Waals surface area contributed by atoms with Gasteiger partial charge in [0.05, 0.1) is 16.9 Å². The SMILES string of the molecule is CCCN(CCC)c1ccc(C(=O)O)cc1N. The third-order valence-electron chi connectivity index (χ3n) is 2.60. The van der Waals surface area contributed by atoms with E-state index in [2.05, 4.69) is 18.7 Å². The fraction of sp³-hybridized carbons (Fsp3) is 0.462. The fourth-order valence-corrected chi connectivity index (χ4v) is 1.87. The molecule has 0 bridgehead atoms. The first-order valence-electron chi connectivity index (χ1n) is 5.97. The predicted octanol–water partition coefficient (Wildman–Crippen LogP) is 2.59. The first-order chi connectivity index (χ1) is 8.10. The number of carboxylic acid groups (broad SMARTS) is 1. The van der Waals surface area contributed by atoms with Gasteiger partial charge in [0.25, 0.3) is 0 Å². The quantitative estimate of drug-likeness (QED) is 0.745. The third-order valence-corrected chi connectivity index (χ3v) is 2.60. The topological polar surface area (TPSA) is 66.6 Å². The number of hydrogen-bond donors (Lipinski definition) is 2. The van der Waals surface area contributed by atoms with E-state index >= 15 is 0 Å². The van der Waals surface area contributed by atoms with Gasteiger partial charge in [0.2, 0.25) is 0 Å². The van der Waals surface area contributed by atoms with Crippen molar-refractivity contribution in [3.05, 3.63) is 23.8 Å². The van der Waals surface area contributed by atoms with Crippen molar-refractivity contribution in [1.29, 1.82) is 0 Å². The summed E-state index contributed by atoms with van der Waals surface area (Å²) in [4.78, 5) is 13.0. The Labute approximate surface area is 102 Å². The Hall–Kier alpha value is -1.71. The summed E-state index contributed by atoms with van der Waals surface area (Å²) in [5.41, 5.74) is 7.61. The molecule has 0 heterocycles. The van der Waals surface area contributed by atoms with Crippen LogP contribution in [0.5, 0.6) is 0 Å². The summed E-state index contributed by atoms with van der Waals surface area (Å²) >= 11 is 0. The van der Waals surface area contributed by atoms with Crippen LogP contribution in [0.15, 0.2) is 18.2 Å². The van der Waals surface area contributed by atoms with Crippen LogP contribution in [0.4, 0.5) is 11.4 Å². The van der Waals surface area contributed by atoms with Crippen LogP contribution in [0.25, 0.3) is 0 Å². The molecule has 1 aromatic carbocycles. The van der Waals surface area contributed by atoms with Crippen LogP contribution in [0.3, 0.4) is 0 Å². The molecule has 94 valence electrons. The molecule has 0 aliphatic rings. The number of rotatable bonds is 6. The van der Waals surface area contributed by atoms with E-state index in [0.717, 1.165) is 31.6 Å². The first-order valence-corrected chi connectivity index (χ1v) is 5.97. The van der Waals surface area contributed by atoms with Gasteiger partial charge >= 0.3 is 5.97 Å². The molecule has 0 aromatic heterocycles. The minimum Gasteiger partial charge on any atom is -0.478 e. The van der Waals surface area contributed by atoms with Gasteiger partial charge in [-0.15, -0.1) is 0 Å². The minimum absolute atomic E-state index is 0.235. The highest BCUT2D eigenvalue weighted by Crippen LogP contribution is 2.24. The molecule has 0 aliphatic heterocycles. The average molecular weight is 236 g/mol. The van der Waals surface area contributed by atoms with E-state index in [4.69, 9.17) is 10.8 Å². The van der Waals surface area contributed by atoms with Crippen LogP contribution in [0.1, 0.15) is 37.0 Å². The zero-order chi connectivity index (χ0) is 12.8. The molecule has 0 aliphatic carbocycles. The normalized spacial score (nSPS) is 10.2. The highest BCUT2D eigenvalue weighted by Gasteiger charge is 2.11. The van der Waals surface area contributed by atoms with Crippen LogP contribution in [-0.4, -0.2) is 24.2 Å². The number of carbonyl (C=O) groups is 1. The second-order valence-electron chi connectivity index (χ2n) is 4.07. The molecule has 4 heteroatoms. The maximum atomic E-state index is 10.8. The fourth-order valence-electron chi connectivity index (χ4n) is 1.87. The van der Waals surface area contributed by atoms with Crippen LogP contribution in [-0.2, 0) is 0 Å². The Balaban J connectivity index is 2.99. The summed E-state index contributed by atoms with van der Waals surface area (Å²) in [5, 5.41) is 8.88. The molecule has 0 amide bonds. The lowest BCUT2D eigenvalue weighted by molar-refractivity contribution is 0.0697. The maximum absolute atomic E-state index is 10.8. The molecular formula is C13H20N2O2. The van der Waals surface area contributed by atoms with Crippen molar-refractivity contribution in [2.75, 3.05) is 23.7 Å². The molecular weight excluding hydrogens is 216 g/mol. The number of carboxylic acids is 1. The first kappa shape index (κ1) is 13.4. The van der Waals surface area contributed by atoms with Crippen molar-refractivity contribution >= 4 is 17.3 Å². The molecule has 0 spiro atoms. The molecule has 1 aromatic rings. The Kier molecular flexibility index (Phi) is 4.82. The molecule has 0 saturated carbocycles. The smallest absolute Gasteiger partial charge is 0.335 e. The number of nitrogen functional groups attached to an aromatic ring is 1. The molecule has 0 unspecified atom stereocenters. The molecule has 0 atom stereocenters. The van der Waals surface area contributed by atoms with Crippen LogP contribution in [0, 0.1) is 0 Å². The van der Waals surface area contributed by atoms with Gasteiger partial charge in [-0.2, -0.15) is 0 Å². The highest BCUT2D eigenvalue weighted by molar-refractivity contribution is 5.90. The number of hydrogen-bond acceptors (Lipinski definition) is 3. The van der Waals surface area contributed by atoms with Crippen molar-refractivity contribution in [3.8, 4) is 0 Å². The number of benzene rings is 1. The summed E-state index contributed by atoms with van der Waals surface area (Å²) in [6.45, 7) is 6.10. The lowest BCUT2D eigenvalue weighted by atomic mass is 10.1. The third kappa shape index (κ3) is 3.37. The zero-order valence-electron chi connectivity index (χ0n) is 10.4. The Morgan fingerprint density at radius 2 is 1.88 bits per heavy atom. The number of anilines is 2. The monoisotopic (exact) mass is 236 g/mol. The predicted molar refractivity (Wildman–Crippen MR) is 70.6 cm³/mol. The van der Waals surface area contributed by atoms with E-state index in [9.17, 15) is 4.79 Å². The molecule has 1 rings (SSSR count). The lowest BCUT2D eigenvalue weighted by Crippen LogP contribution is -2.25. The standard InChI is InChI=1S/C13H20N2O2/c1-3-7-15(8-4-2)12-6-5-10(13(16)17)9-11(12)14/h5-6,9H,3-4,7-8,14H2,1-2H3,(H,16,17). The van der Waals surface area contributed by atoms with E-state index in [-0.39, 0.29) is 5.56 Å². The zero-order valence-corrected chi connectivity index (χ0v) is 10.4. The van der Waals surface area contributed by atoms with Crippen LogP contribution in [0.2, 0.25) is 0 Å². The molecule has 0 saturated heterocycles. The Bertz CT molecular complexity index is 385. The second-order valence-corrected chi connectivity index (χ2v) is 4.07. The Morgan fingerprint density at radius 3 is 2.29 bits per heavy atom. The van der Waals surface area contributed by atoms with E-state index in [1.807, 2.05) is 0 Å². The Morgan fingerprint density at radius 1 is 1.29 bits per heavy atom. The lowest BCUT2D eigenvalue weighted by Gasteiger charge is -2.25. The molecule has 4 nitrogen and oxygen atoms in total. The van der Waals surface area contributed by atoms with E-state index < -0.39 is 5.97 Å². The molecule has 17 heavy (non-hydrogen) atoms. The van der Waals surface area contributed by atoms with Crippen LogP contribution >= 0.6 is 0 Å². The average Bonchev–Trinajstić information content (AvgIpc) is 2.28. The largest absolute Gasteiger partial charge is 0.478 e. The van der Waals surface area contributed by atoms with Crippen molar-refractivity contribution in [3.63, 3.8) is 0 Å². The summed E-state index contributed by atoms with van der Waals surface area (Å²) in [6.07, 6.45) is 2.08. The van der Waals surface area contributed by atoms with Gasteiger partial charge in [-0.25, -0.2) is 4.79 Å². The minimum atomic E-state index is -0.944. The van der Waals surface area contributed by atoms with Crippen molar-refractivity contribution in [2.24, 2.45) is 0 Å². The summed E-state index contributed by atoms with van der Waals surface area (Å²) in [7, 11) is 0. The van der Waals surface area contributed by atoms with Gasteiger partial charge in [0.15, 0.2) is 0 Å².